The smallest absolute Gasteiger partial charge is 0.408 e. The average Bonchev–Trinajstić information content (AvgIpc) is 3.72. The van der Waals surface area contributed by atoms with E-state index in [1.54, 1.807) is 37.4 Å². The molecule has 0 aliphatic carbocycles. The number of amides is 4. The summed E-state index contributed by atoms with van der Waals surface area (Å²) in [5.41, 5.74) is 7.52. The van der Waals surface area contributed by atoms with E-state index in [9.17, 15) is 24.0 Å². The lowest BCUT2D eigenvalue weighted by Gasteiger charge is -2.26. The summed E-state index contributed by atoms with van der Waals surface area (Å²) in [7, 11) is 0. The van der Waals surface area contributed by atoms with Gasteiger partial charge in [-0.15, -0.1) is 0 Å². The second-order valence-electron chi connectivity index (χ2n) is 12.0. The third kappa shape index (κ3) is 9.07. The second kappa shape index (κ2) is 15.4. The van der Waals surface area contributed by atoms with Gasteiger partial charge >= 0.3 is 6.09 Å². The Labute approximate surface area is 277 Å². The van der Waals surface area contributed by atoms with Gasteiger partial charge in [0.25, 0.3) is 0 Å². The molecule has 12 heteroatoms. The quantitative estimate of drug-likeness (QED) is 0.115. The van der Waals surface area contributed by atoms with Gasteiger partial charge < -0.3 is 36.1 Å². The van der Waals surface area contributed by atoms with E-state index in [0.29, 0.717) is 0 Å². The first-order chi connectivity index (χ1) is 23.1. The fraction of sp³-hybridized carbons (Fsp3) is 0.306. The fourth-order valence-electron chi connectivity index (χ4n) is 5.41. The highest BCUT2D eigenvalue weighted by Crippen LogP contribution is 2.29. The maximum atomic E-state index is 14.0. The molecule has 0 bridgehead atoms. The van der Waals surface area contributed by atoms with Crippen molar-refractivity contribution in [3.05, 3.63) is 108 Å². The highest BCUT2D eigenvalue weighted by molar-refractivity contribution is 5.99. The zero-order valence-electron chi connectivity index (χ0n) is 26.6. The fourth-order valence-corrected chi connectivity index (χ4v) is 5.41. The largest absolute Gasteiger partial charge is 0.445 e. The molecule has 48 heavy (non-hydrogen) atoms. The van der Waals surface area contributed by atoms with Crippen LogP contribution in [0, 0.1) is 0 Å². The van der Waals surface area contributed by atoms with Crippen LogP contribution in [-0.4, -0.2) is 64.9 Å². The summed E-state index contributed by atoms with van der Waals surface area (Å²) in [5, 5.41) is 8.98. The molecule has 12 nitrogen and oxygen atoms in total. The van der Waals surface area contributed by atoms with Gasteiger partial charge in [-0.1, -0.05) is 78.9 Å². The molecular weight excluding hydrogens is 614 g/mol. The van der Waals surface area contributed by atoms with Crippen LogP contribution in [0.5, 0.6) is 0 Å². The highest BCUT2D eigenvalue weighted by atomic mass is 16.6. The van der Waals surface area contributed by atoms with Crippen molar-refractivity contribution >= 4 is 40.5 Å². The van der Waals surface area contributed by atoms with Crippen LogP contribution in [0.1, 0.15) is 36.5 Å². The van der Waals surface area contributed by atoms with Crippen molar-refractivity contribution in [2.45, 2.75) is 62.9 Å². The van der Waals surface area contributed by atoms with Crippen LogP contribution in [0.2, 0.25) is 0 Å². The van der Waals surface area contributed by atoms with Crippen LogP contribution in [0.25, 0.3) is 10.9 Å². The van der Waals surface area contributed by atoms with Crippen molar-refractivity contribution in [2.75, 3.05) is 6.61 Å². The molecule has 250 valence electrons. The molecule has 1 aliphatic rings. The van der Waals surface area contributed by atoms with Gasteiger partial charge in [-0.25, -0.2) is 4.79 Å². The minimum absolute atomic E-state index is 0.0398. The molecule has 0 unspecified atom stereocenters. The molecular formula is C36H39N5O7. The first kappa shape index (κ1) is 33.9. The predicted molar refractivity (Wildman–Crippen MR) is 177 cm³/mol. The lowest BCUT2D eigenvalue weighted by atomic mass is 9.94. The number of benzene rings is 3. The molecule has 6 N–H and O–H groups in total. The summed E-state index contributed by atoms with van der Waals surface area (Å²) >= 11 is 0. The number of ketones is 1. The van der Waals surface area contributed by atoms with E-state index < -0.39 is 47.5 Å². The summed E-state index contributed by atoms with van der Waals surface area (Å²) in [6.45, 7) is 1.88. The normalized spacial score (nSPS) is 17.0. The Morgan fingerprint density at radius 1 is 0.812 bits per heavy atom. The zero-order valence-corrected chi connectivity index (χ0v) is 26.6. The molecule has 0 saturated carbocycles. The molecule has 0 radical (unpaired) electrons. The molecule has 4 amide bonds. The molecule has 2 heterocycles. The number of carbonyl (C=O) groups is 5. The number of primary amides is 1. The number of alkyl carbamates (subject to hydrolysis) is 1. The summed E-state index contributed by atoms with van der Waals surface area (Å²) in [5.74, 6) is -2.28. The number of hydrogen-bond acceptors (Lipinski definition) is 7. The number of Topliss-reactive ketones (excluding diaryl/α,β-unsaturated/α-hetero) is 1. The SMILES string of the molecule is C[C@]1(C(=O)[C@H](Cc2ccccc2)NC(=O)[C@H](Cc2c[nH]c3ccccc23)NC(=O)[C@H](CCC(N)=O)NC(=O)OCc2ccccc2)CO1. The van der Waals surface area contributed by atoms with Crippen molar-refractivity contribution in [3.8, 4) is 0 Å². The van der Waals surface area contributed by atoms with Crippen molar-refractivity contribution in [1.82, 2.24) is 20.9 Å². The number of carbonyl (C=O) groups excluding carboxylic acids is 5. The Bertz CT molecular complexity index is 1750. The topological polar surface area (TPSA) is 185 Å². The monoisotopic (exact) mass is 653 g/mol. The number of ether oxygens (including phenoxy) is 2. The average molecular weight is 654 g/mol. The van der Waals surface area contributed by atoms with E-state index in [1.165, 1.54) is 0 Å². The van der Waals surface area contributed by atoms with Gasteiger partial charge in [0, 0.05) is 29.9 Å². The van der Waals surface area contributed by atoms with E-state index in [1.807, 2.05) is 60.7 Å². The van der Waals surface area contributed by atoms with E-state index in [2.05, 4.69) is 20.9 Å². The highest BCUT2D eigenvalue weighted by Gasteiger charge is 2.50. The van der Waals surface area contributed by atoms with Gasteiger partial charge in [0.15, 0.2) is 5.78 Å². The first-order valence-corrected chi connectivity index (χ1v) is 15.7. The second-order valence-corrected chi connectivity index (χ2v) is 12.0. The molecule has 1 aliphatic heterocycles. The van der Waals surface area contributed by atoms with E-state index >= 15 is 0 Å². The summed E-state index contributed by atoms with van der Waals surface area (Å²) in [6, 6.07) is 22.4. The van der Waals surface area contributed by atoms with Crippen molar-refractivity contribution in [2.24, 2.45) is 5.73 Å². The Hall–Kier alpha value is -5.49. The molecule has 1 saturated heterocycles. The van der Waals surface area contributed by atoms with E-state index in [-0.39, 0.29) is 44.7 Å². The van der Waals surface area contributed by atoms with Crippen molar-refractivity contribution in [3.63, 3.8) is 0 Å². The van der Waals surface area contributed by atoms with Crippen LogP contribution in [0.4, 0.5) is 4.79 Å². The number of aromatic nitrogens is 1. The molecule has 0 spiro atoms. The Morgan fingerprint density at radius 2 is 1.42 bits per heavy atom. The van der Waals surface area contributed by atoms with E-state index in [0.717, 1.165) is 27.6 Å². The molecule has 3 aromatic carbocycles. The molecule has 5 rings (SSSR count). The minimum atomic E-state index is -1.25. The maximum absolute atomic E-state index is 14.0. The predicted octanol–water partition coefficient (Wildman–Crippen LogP) is 2.84. The number of nitrogens with one attached hydrogen (secondary N) is 4. The van der Waals surface area contributed by atoms with Crippen LogP contribution >= 0.6 is 0 Å². The van der Waals surface area contributed by atoms with Crippen LogP contribution in [-0.2, 0) is 48.1 Å². The molecule has 1 fully saturated rings. The van der Waals surface area contributed by atoms with Crippen LogP contribution < -0.4 is 21.7 Å². The van der Waals surface area contributed by atoms with Gasteiger partial charge in [-0.3, -0.25) is 19.2 Å². The number of hydrogen-bond donors (Lipinski definition) is 5. The van der Waals surface area contributed by atoms with Gasteiger partial charge in [0.05, 0.1) is 12.6 Å². The van der Waals surface area contributed by atoms with Crippen LogP contribution in [0.3, 0.4) is 0 Å². The molecule has 1 aromatic heterocycles. The van der Waals surface area contributed by atoms with Gasteiger partial charge in [-0.05, 0) is 42.5 Å². The first-order valence-electron chi connectivity index (χ1n) is 15.7. The molecule has 4 atom stereocenters. The van der Waals surface area contributed by atoms with Crippen molar-refractivity contribution in [1.29, 1.82) is 0 Å². The number of para-hydroxylation sites is 1. The third-order valence-corrected chi connectivity index (χ3v) is 8.25. The summed E-state index contributed by atoms with van der Waals surface area (Å²) in [4.78, 5) is 68.9. The number of epoxide rings is 1. The maximum Gasteiger partial charge on any atom is 0.408 e. The number of aromatic amines is 1. The Balaban J connectivity index is 1.36. The number of nitrogens with two attached hydrogens (primary N) is 1. The zero-order chi connectivity index (χ0) is 34.1. The van der Waals surface area contributed by atoms with Crippen LogP contribution in [0.15, 0.2) is 91.1 Å². The van der Waals surface area contributed by atoms with Crippen molar-refractivity contribution < 1.29 is 33.4 Å². The minimum Gasteiger partial charge on any atom is -0.445 e. The summed E-state index contributed by atoms with van der Waals surface area (Å²) < 4.78 is 10.7. The number of H-pyrrole nitrogens is 1. The van der Waals surface area contributed by atoms with Gasteiger partial charge in [-0.2, -0.15) is 0 Å². The lowest BCUT2D eigenvalue weighted by molar-refractivity contribution is -0.133. The molecule has 4 aromatic rings. The summed E-state index contributed by atoms with van der Waals surface area (Å²) in [6.07, 6.45) is 0.812. The standard InChI is InChI=1S/C36H39N5O7/c1-36(22-48-36)32(43)29(18-23-10-4-2-5-11-23)39-34(45)30(19-25-20-38-27-15-9-8-14-26(25)27)40-33(44)28(16-17-31(37)42)41-35(46)47-21-24-12-6-3-7-13-24/h2-15,20,28-30,38H,16-19,21-22H2,1H3,(H2,37,42)(H,39,45)(H,40,44)(H,41,46)/t28-,29-,30-,36+/m0/s1. The Morgan fingerprint density at radius 3 is 2.08 bits per heavy atom. The third-order valence-electron chi connectivity index (χ3n) is 8.25. The van der Waals surface area contributed by atoms with Gasteiger partial charge in [0.2, 0.25) is 17.7 Å². The number of rotatable bonds is 16. The Kier molecular flexibility index (Phi) is 10.9. The van der Waals surface area contributed by atoms with E-state index in [4.69, 9.17) is 15.2 Å². The lowest BCUT2D eigenvalue weighted by Crippen LogP contribution is -2.57. The number of fused-ring (bicyclic) bond motifs is 1. The van der Waals surface area contributed by atoms with Gasteiger partial charge in [0.1, 0.15) is 24.3 Å².